The monoisotopic (exact) mass is 465 g/mol. The van der Waals surface area contributed by atoms with Gasteiger partial charge in [0.1, 0.15) is 11.6 Å². The van der Waals surface area contributed by atoms with Gasteiger partial charge < -0.3 is 15.0 Å². The van der Waals surface area contributed by atoms with Gasteiger partial charge >= 0.3 is 0 Å². The molecule has 1 amide bonds. The van der Waals surface area contributed by atoms with Crippen molar-refractivity contribution in [3.63, 3.8) is 0 Å². The number of hydrogen-bond donors (Lipinski definition) is 1. The Morgan fingerprint density at radius 2 is 1.97 bits per heavy atom. The second-order valence-electron chi connectivity index (χ2n) is 8.70. The molecular weight excluding hydrogens is 437 g/mol. The molecule has 172 valence electrons. The van der Waals surface area contributed by atoms with Crippen molar-refractivity contribution in [1.82, 2.24) is 5.32 Å². The van der Waals surface area contributed by atoms with Crippen molar-refractivity contribution in [2.24, 2.45) is 4.99 Å². The summed E-state index contributed by atoms with van der Waals surface area (Å²) in [4.78, 5) is 19.9. The third kappa shape index (κ3) is 4.69. The van der Waals surface area contributed by atoms with Gasteiger partial charge in [0.2, 0.25) is 0 Å². The fourth-order valence-corrected chi connectivity index (χ4v) is 5.13. The minimum Gasteiger partial charge on any atom is -0.496 e. The van der Waals surface area contributed by atoms with Crippen molar-refractivity contribution in [2.75, 3.05) is 18.6 Å². The van der Waals surface area contributed by atoms with Crippen molar-refractivity contribution >= 4 is 45.9 Å². The van der Waals surface area contributed by atoms with Crippen molar-refractivity contribution in [3.05, 3.63) is 64.3 Å². The second kappa shape index (κ2) is 9.06. The highest BCUT2D eigenvalue weighted by atomic mass is 32.2. The molecule has 2 aliphatic heterocycles. The van der Waals surface area contributed by atoms with E-state index in [0.717, 1.165) is 29.8 Å². The van der Waals surface area contributed by atoms with Crippen molar-refractivity contribution < 1.29 is 13.9 Å². The van der Waals surface area contributed by atoms with E-state index in [9.17, 15) is 9.18 Å². The van der Waals surface area contributed by atoms with E-state index in [4.69, 9.17) is 4.74 Å². The van der Waals surface area contributed by atoms with Crippen molar-refractivity contribution in [1.29, 1.82) is 0 Å². The summed E-state index contributed by atoms with van der Waals surface area (Å²) in [6, 6.07) is 9.99. The third-order valence-corrected chi connectivity index (χ3v) is 6.68. The van der Waals surface area contributed by atoms with E-state index in [1.54, 1.807) is 19.2 Å². The van der Waals surface area contributed by atoms with Gasteiger partial charge in [-0.2, -0.15) is 0 Å². The number of amides is 1. The minimum absolute atomic E-state index is 0.0923. The molecule has 2 aromatic carbocycles. The van der Waals surface area contributed by atoms with Crippen LogP contribution in [0.2, 0.25) is 0 Å². The largest absolute Gasteiger partial charge is 0.496 e. The Morgan fingerprint density at radius 1 is 1.24 bits per heavy atom. The number of amidine groups is 1. The number of ether oxygens (including phenoxy) is 1. The van der Waals surface area contributed by atoms with Crippen molar-refractivity contribution in [2.45, 2.75) is 39.7 Å². The highest BCUT2D eigenvalue weighted by Gasteiger charge is 2.32. The van der Waals surface area contributed by atoms with Crippen LogP contribution < -0.4 is 15.0 Å². The number of allylic oxidation sites excluding steroid dienone is 1. The molecule has 1 fully saturated rings. The zero-order valence-electron chi connectivity index (χ0n) is 19.5. The number of hydrogen-bond acceptors (Lipinski definition) is 5. The number of carbonyl (C=O) groups is 1. The molecule has 2 heterocycles. The van der Waals surface area contributed by atoms with E-state index >= 15 is 0 Å². The molecular formula is C26H28FN3O2S. The Bertz CT molecular complexity index is 1180. The zero-order valence-corrected chi connectivity index (χ0v) is 20.3. The molecule has 2 aromatic rings. The van der Waals surface area contributed by atoms with Crippen LogP contribution >= 0.6 is 11.8 Å². The first-order chi connectivity index (χ1) is 15.7. The summed E-state index contributed by atoms with van der Waals surface area (Å²) >= 11 is 1.25. The molecule has 0 radical (unpaired) electrons. The summed E-state index contributed by atoms with van der Waals surface area (Å²) in [5, 5.41) is 3.24. The molecule has 7 heteroatoms. The lowest BCUT2D eigenvalue weighted by Crippen LogP contribution is -2.45. The number of aliphatic imine (C=N–C) groups is 1. The molecule has 0 unspecified atom stereocenters. The number of anilines is 1. The van der Waals surface area contributed by atoms with Gasteiger partial charge in [-0.05, 0) is 80.9 Å². The smallest absolute Gasteiger partial charge is 0.264 e. The molecule has 0 aliphatic carbocycles. The maximum absolute atomic E-state index is 13.1. The number of halogens is 1. The average Bonchev–Trinajstić information content (AvgIpc) is 3.10. The van der Waals surface area contributed by atoms with E-state index in [1.165, 1.54) is 29.5 Å². The molecule has 5 nitrogen and oxygen atoms in total. The van der Waals surface area contributed by atoms with E-state index in [1.807, 2.05) is 6.08 Å². The Morgan fingerprint density at radius 3 is 2.64 bits per heavy atom. The number of rotatable bonds is 5. The molecule has 33 heavy (non-hydrogen) atoms. The molecule has 0 saturated carbocycles. The number of fused-ring (bicyclic) bond motifs is 1. The Kier molecular flexibility index (Phi) is 6.34. The quantitative estimate of drug-likeness (QED) is 0.539. The fraction of sp³-hybridized carbons (Fsp3) is 0.308. The fourth-order valence-electron chi connectivity index (χ4n) is 4.30. The van der Waals surface area contributed by atoms with E-state index in [2.05, 4.69) is 61.1 Å². The number of methoxy groups -OCH3 is 1. The number of benzene rings is 2. The van der Waals surface area contributed by atoms with E-state index in [0.29, 0.717) is 21.5 Å². The van der Waals surface area contributed by atoms with Gasteiger partial charge in [-0.25, -0.2) is 9.38 Å². The van der Waals surface area contributed by atoms with E-state index in [-0.39, 0.29) is 17.3 Å². The van der Waals surface area contributed by atoms with Crippen LogP contribution in [-0.4, -0.2) is 30.3 Å². The third-order valence-electron chi connectivity index (χ3n) is 5.77. The second-order valence-corrected chi connectivity index (χ2v) is 9.73. The van der Waals surface area contributed by atoms with Crippen LogP contribution in [0.15, 0.2) is 52.4 Å². The van der Waals surface area contributed by atoms with Gasteiger partial charge in [-0.1, -0.05) is 13.0 Å². The Labute approximate surface area is 198 Å². The first-order valence-corrected chi connectivity index (χ1v) is 11.8. The number of nitrogens with zero attached hydrogens (tertiary/aromatic N) is 2. The highest BCUT2D eigenvalue weighted by Crippen LogP contribution is 2.43. The van der Waals surface area contributed by atoms with Gasteiger partial charge in [0, 0.05) is 29.4 Å². The van der Waals surface area contributed by atoms with Gasteiger partial charge in [-0.3, -0.25) is 4.79 Å². The normalized spacial score (nSPS) is 19.5. The zero-order chi connectivity index (χ0) is 23.8. The minimum atomic E-state index is -0.326. The predicted molar refractivity (Wildman–Crippen MR) is 136 cm³/mol. The molecule has 1 saturated heterocycles. The summed E-state index contributed by atoms with van der Waals surface area (Å²) in [7, 11) is 1.65. The molecule has 0 spiro atoms. The SMILES string of the molecule is CCCN1c2cc(OC)c(/C=C3/SC(=Nc4ccc(F)cc4)NC3=O)cc2C(C)=CC1(C)C. The summed E-state index contributed by atoms with van der Waals surface area (Å²) < 4.78 is 18.9. The van der Waals surface area contributed by atoms with Gasteiger partial charge in [0.25, 0.3) is 5.91 Å². The number of nitrogens with one attached hydrogen (secondary N) is 1. The van der Waals surface area contributed by atoms with Crippen LogP contribution in [0.5, 0.6) is 5.75 Å². The number of carbonyl (C=O) groups excluding carboxylic acids is 1. The van der Waals surface area contributed by atoms with Crippen LogP contribution in [0.3, 0.4) is 0 Å². The summed E-state index contributed by atoms with van der Waals surface area (Å²) in [5.41, 5.74) is 4.80. The number of thioether (sulfide) groups is 1. The van der Waals surface area contributed by atoms with Crippen molar-refractivity contribution in [3.8, 4) is 5.75 Å². The van der Waals surface area contributed by atoms with Crippen LogP contribution in [0, 0.1) is 5.82 Å². The maximum atomic E-state index is 13.1. The van der Waals surface area contributed by atoms with Crippen LogP contribution in [0.1, 0.15) is 45.2 Å². The maximum Gasteiger partial charge on any atom is 0.264 e. The van der Waals surface area contributed by atoms with Crippen LogP contribution in [-0.2, 0) is 4.79 Å². The van der Waals surface area contributed by atoms with Gasteiger partial charge in [-0.15, -0.1) is 0 Å². The molecule has 0 atom stereocenters. The first-order valence-electron chi connectivity index (χ1n) is 11.0. The van der Waals surface area contributed by atoms with Crippen LogP contribution in [0.25, 0.3) is 11.6 Å². The van der Waals surface area contributed by atoms with Gasteiger partial charge in [0.15, 0.2) is 5.17 Å². The molecule has 2 aliphatic rings. The predicted octanol–water partition coefficient (Wildman–Crippen LogP) is 6.14. The molecule has 4 rings (SSSR count). The highest BCUT2D eigenvalue weighted by molar-refractivity contribution is 8.18. The lowest BCUT2D eigenvalue weighted by Gasteiger charge is -2.43. The lowest BCUT2D eigenvalue weighted by molar-refractivity contribution is -0.115. The summed E-state index contributed by atoms with van der Waals surface area (Å²) in [5.74, 6) is 0.166. The molecule has 0 aromatic heterocycles. The Balaban J connectivity index is 1.70. The Hall–Kier alpha value is -3.06. The standard InChI is InChI=1S/C26H28FN3O2S/c1-6-11-30-21-14-22(32-5)17(12-20(21)16(2)15-26(30,3)4)13-23-24(31)29-25(33-23)28-19-9-7-18(27)8-10-19/h7-10,12-15H,6,11H2,1-5H3,(H,28,29,31)/b23-13+. The lowest BCUT2D eigenvalue weighted by atomic mass is 9.87. The first kappa shape index (κ1) is 23.1. The summed E-state index contributed by atoms with van der Waals surface area (Å²) in [6.45, 7) is 9.68. The summed E-state index contributed by atoms with van der Waals surface area (Å²) in [6.07, 6.45) is 5.17. The van der Waals surface area contributed by atoms with Gasteiger partial charge in [0.05, 0.1) is 23.2 Å². The van der Waals surface area contributed by atoms with Crippen LogP contribution in [0.4, 0.5) is 15.8 Å². The van der Waals surface area contributed by atoms with E-state index < -0.39 is 0 Å². The average molecular weight is 466 g/mol. The topological polar surface area (TPSA) is 53.9 Å². The molecule has 0 bridgehead atoms. The molecule has 1 N–H and O–H groups in total.